The van der Waals surface area contributed by atoms with Crippen molar-refractivity contribution in [3.63, 3.8) is 0 Å². The summed E-state index contributed by atoms with van der Waals surface area (Å²) in [7, 11) is 2.12. The van der Waals surface area contributed by atoms with Gasteiger partial charge in [-0.25, -0.2) is 9.38 Å². The molecule has 0 saturated carbocycles. The molecular formula is C31H34FN5O2. The molecule has 6 rings (SSSR count). The fourth-order valence-corrected chi connectivity index (χ4v) is 5.50. The van der Waals surface area contributed by atoms with Gasteiger partial charge in [-0.3, -0.25) is 9.69 Å². The smallest absolute Gasteiger partial charge is 0.270 e. The Morgan fingerprint density at radius 3 is 2.56 bits per heavy atom. The Bertz CT molecular complexity index is 1390. The average Bonchev–Trinajstić information content (AvgIpc) is 3.40. The van der Waals surface area contributed by atoms with E-state index in [-0.39, 0.29) is 11.7 Å². The summed E-state index contributed by atoms with van der Waals surface area (Å²) in [5.74, 6) is -0.499. The summed E-state index contributed by atoms with van der Waals surface area (Å²) in [6.07, 6.45) is 0.504. The van der Waals surface area contributed by atoms with Crippen molar-refractivity contribution in [3.05, 3.63) is 77.6 Å². The monoisotopic (exact) mass is 527 g/mol. The van der Waals surface area contributed by atoms with Crippen molar-refractivity contribution >= 4 is 28.7 Å². The number of piperazine rings is 1. The maximum atomic E-state index is 15.2. The molecule has 0 aromatic heterocycles. The number of benzene rings is 3. The SMILES string of the molecule is CN1CCN(c2ccc(-c3cc(CN4CCOCC4)ccc3F)cc2NC(=O)C2=Nc3ccccc3C2)CC1. The highest BCUT2D eigenvalue weighted by molar-refractivity contribution is 6.45. The predicted octanol–water partition coefficient (Wildman–Crippen LogP) is 4.34. The van der Waals surface area contributed by atoms with E-state index in [9.17, 15) is 4.79 Å². The van der Waals surface area contributed by atoms with Gasteiger partial charge >= 0.3 is 0 Å². The number of hydrogen-bond donors (Lipinski definition) is 1. The molecule has 1 N–H and O–H groups in total. The Labute approximate surface area is 228 Å². The molecule has 3 aromatic carbocycles. The van der Waals surface area contributed by atoms with Gasteiger partial charge in [0.05, 0.1) is 30.3 Å². The second kappa shape index (κ2) is 11.3. The van der Waals surface area contributed by atoms with Crippen molar-refractivity contribution < 1.29 is 13.9 Å². The van der Waals surface area contributed by atoms with Crippen LogP contribution in [0.3, 0.4) is 0 Å². The van der Waals surface area contributed by atoms with Crippen molar-refractivity contribution in [1.82, 2.24) is 9.80 Å². The lowest BCUT2D eigenvalue weighted by Gasteiger charge is -2.35. The minimum atomic E-state index is -0.277. The number of fused-ring (bicyclic) bond motifs is 1. The second-order valence-electron chi connectivity index (χ2n) is 10.5. The first-order chi connectivity index (χ1) is 19.0. The van der Waals surface area contributed by atoms with Crippen LogP contribution in [0.5, 0.6) is 0 Å². The number of carbonyl (C=O) groups is 1. The van der Waals surface area contributed by atoms with Crippen LogP contribution in [0, 0.1) is 5.82 Å². The number of aliphatic imine (C=N–C) groups is 1. The third-order valence-electron chi connectivity index (χ3n) is 7.81. The number of amides is 1. The lowest BCUT2D eigenvalue weighted by Crippen LogP contribution is -2.44. The van der Waals surface area contributed by atoms with Crippen molar-refractivity contribution in [2.45, 2.75) is 13.0 Å². The van der Waals surface area contributed by atoms with E-state index in [4.69, 9.17) is 4.74 Å². The number of halogens is 1. The molecule has 1 amide bonds. The fraction of sp³-hybridized carbons (Fsp3) is 0.355. The lowest BCUT2D eigenvalue weighted by atomic mass is 10.00. The molecule has 3 aliphatic heterocycles. The molecule has 0 radical (unpaired) electrons. The fourth-order valence-electron chi connectivity index (χ4n) is 5.50. The van der Waals surface area contributed by atoms with E-state index in [1.54, 1.807) is 6.07 Å². The average molecular weight is 528 g/mol. The molecule has 3 aromatic rings. The minimum Gasteiger partial charge on any atom is -0.379 e. The topological polar surface area (TPSA) is 60.4 Å². The standard InChI is InChI=1S/C31H34FN5O2/c1-35-10-12-37(13-11-35)30-9-7-23(25-18-22(6-8-26(25)32)21-36-14-16-39-17-15-36)19-28(30)34-31(38)29-20-24-4-2-3-5-27(24)33-29/h2-9,18-19H,10-17,20-21H2,1H3,(H,34,38). The van der Waals surface area contributed by atoms with Crippen LogP contribution in [0.1, 0.15) is 11.1 Å². The van der Waals surface area contributed by atoms with Gasteiger partial charge in [0.25, 0.3) is 5.91 Å². The number of likely N-dealkylation sites (N-methyl/N-ethyl adjacent to an activating group) is 1. The molecule has 0 bridgehead atoms. The minimum absolute atomic E-state index is 0.222. The summed E-state index contributed by atoms with van der Waals surface area (Å²) in [6.45, 7) is 7.53. The Morgan fingerprint density at radius 1 is 0.974 bits per heavy atom. The number of hydrogen-bond acceptors (Lipinski definition) is 6. The second-order valence-corrected chi connectivity index (χ2v) is 10.5. The summed E-state index contributed by atoms with van der Waals surface area (Å²) < 4.78 is 20.6. The highest BCUT2D eigenvalue weighted by atomic mass is 19.1. The molecule has 7 nitrogen and oxygen atoms in total. The van der Waals surface area contributed by atoms with Gasteiger partial charge in [-0.15, -0.1) is 0 Å². The number of nitrogens with zero attached hydrogens (tertiary/aromatic N) is 4. The quantitative estimate of drug-likeness (QED) is 0.517. The highest BCUT2D eigenvalue weighted by Gasteiger charge is 2.24. The summed E-state index contributed by atoms with van der Waals surface area (Å²) in [6, 6.07) is 19.0. The van der Waals surface area contributed by atoms with E-state index in [0.29, 0.717) is 23.4 Å². The van der Waals surface area contributed by atoms with Gasteiger partial charge in [0.15, 0.2) is 0 Å². The molecular weight excluding hydrogens is 493 g/mol. The summed E-state index contributed by atoms with van der Waals surface area (Å²) in [5, 5.41) is 3.14. The van der Waals surface area contributed by atoms with Crippen molar-refractivity contribution in [2.24, 2.45) is 4.99 Å². The molecule has 0 unspecified atom stereocenters. The van der Waals surface area contributed by atoms with Gasteiger partial charge in [-0.2, -0.15) is 0 Å². The van der Waals surface area contributed by atoms with E-state index in [1.165, 1.54) is 0 Å². The van der Waals surface area contributed by atoms with E-state index in [1.807, 2.05) is 54.6 Å². The predicted molar refractivity (Wildman–Crippen MR) is 154 cm³/mol. The summed E-state index contributed by atoms with van der Waals surface area (Å²) >= 11 is 0. The number of anilines is 2. The maximum Gasteiger partial charge on any atom is 0.270 e. The normalized spacial score (nSPS) is 18.1. The zero-order valence-electron chi connectivity index (χ0n) is 22.3. The first-order valence-electron chi connectivity index (χ1n) is 13.7. The van der Waals surface area contributed by atoms with Gasteiger partial charge in [-0.05, 0) is 54.1 Å². The van der Waals surface area contributed by atoms with E-state index in [0.717, 1.165) is 87.1 Å². The van der Waals surface area contributed by atoms with Crippen LogP contribution in [0.25, 0.3) is 11.1 Å². The number of ether oxygens (including phenoxy) is 1. The molecule has 2 fully saturated rings. The van der Waals surface area contributed by atoms with Gasteiger partial charge in [-0.1, -0.05) is 30.3 Å². The Balaban J connectivity index is 1.30. The third kappa shape index (κ3) is 5.73. The lowest BCUT2D eigenvalue weighted by molar-refractivity contribution is -0.110. The van der Waals surface area contributed by atoms with E-state index >= 15 is 4.39 Å². The van der Waals surface area contributed by atoms with Crippen molar-refractivity contribution in [1.29, 1.82) is 0 Å². The maximum absolute atomic E-state index is 15.2. The van der Waals surface area contributed by atoms with Crippen molar-refractivity contribution in [3.8, 4) is 11.1 Å². The molecule has 0 spiro atoms. The molecule has 0 aliphatic carbocycles. The molecule has 39 heavy (non-hydrogen) atoms. The van der Waals surface area contributed by atoms with Crippen LogP contribution in [-0.4, -0.2) is 80.9 Å². The highest BCUT2D eigenvalue weighted by Crippen LogP contribution is 2.35. The first-order valence-corrected chi connectivity index (χ1v) is 13.7. The van der Waals surface area contributed by atoms with Gasteiger partial charge in [0.2, 0.25) is 0 Å². The zero-order chi connectivity index (χ0) is 26.8. The number of nitrogens with one attached hydrogen (secondary N) is 1. The van der Waals surface area contributed by atoms with Gasteiger partial charge in [0.1, 0.15) is 11.5 Å². The van der Waals surface area contributed by atoms with Crippen LogP contribution in [0.2, 0.25) is 0 Å². The van der Waals surface area contributed by atoms with Crippen LogP contribution in [-0.2, 0) is 22.5 Å². The van der Waals surface area contributed by atoms with Crippen LogP contribution in [0.4, 0.5) is 21.5 Å². The Morgan fingerprint density at radius 2 is 1.77 bits per heavy atom. The van der Waals surface area contributed by atoms with Crippen LogP contribution in [0.15, 0.2) is 65.7 Å². The molecule has 3 heterocycles. The summed E-state index contributed by atoms with van der Waals surface area (Å²) in [5.41, 5.74) is 6.34. The molecule has 8 heteroatoms. The van der Waals surface area contributed by atoms with Crippen LogP contribution < -0.4 is 10.2 Å². The zero-order valence-corrected chi connectivity index (χ0v) is 22.3. The molecule has 0 atom stereocenters. The molecule has 2 saturated heterocycles. The van der Waals surface area contributed by atoms with Crippen molar-refractivity contribution in [2.75, 3.05) is 69.7 Å². The number of morpholine rings is 1. The Hall–Kier alpha value is -3.59. The van der Waals surface area contributed by atoms with Gasteiger partial charge < -0.3 is 19.9 Å². The first kappa shape index (κ1) is 25.7. The summed E-state index contributed by atoms with van der Waals surface area (Å²) in [4.78, 5) is 24.9. The molecule has 202 valence electrons. The Kier molecular flexibility index (Phi) is 7.41. The molecule has 3 aliphatic rings. The number of carbonyl (C=O) groups excluding carboxylic acids is 1. The van der Waals surface area contributed by atoms with Gasteiger partial charge in [0, 0.05) is 57.8 Å². The van der Waals surface area contributed by atoms with E-state index in [2.05, 4.69) is 32.1 Å². The third-order valence-corrected chi connectivity index (χ3v) is 7.81. The number of para-hydroxylation sites is 1. The van der Waals surface area contributed by atoms with Crippen LogP contribution >= 0.6 is 0 Å². The number of rotatable bonds is 6. The largest absolute Gasteiger partial charge is 0.379 e. The van der Waals surface area contributed by atoms with E-state index < -0.39 is 0 Å².